The van der Waals surface area contributed by atoms with Crippen LogP contribution < -0.4 is 20.7 Å². The van der Waals surface area contributed by atoms with Gasteiger partial charge < -0.3 is 20.5 Å². The molecule has 1 fully saturated rings. The van der Waals surface area contributed by atoms with Gasteiger partial charge in [0.2, 0.25) is 12.3 Å². The van der Waals surface area contributed by atoms with E-state index in [9.17, 15) is 18.4 Å². The molecule has 10 nitrogen and oxygen atoms in total. The molecule has 3 amide bonds. The number of amidine groups is 2. The number of hydrogen-bond acceptors (Lipinski definition) is 6. The number of anilines is 2. The first-order valence-electron chi connectivity index (χ1n) is 13.8. The first-order chi connectivity index (χ1) is 21.5. The Kier molecular flexibility index (Phi) is 11.8. The third-order valence-electron chi connectivity index (χ3n) is 6.28. The highest BCUT2D eigenvalue weighted by Crippen LogP contribution is 2.31. The Morgan fingerprint density at radius 2 is 1.91 bits per heavy atom. The van der Waals surface area contributed by atoms with Crippen LogP contribution in [0.1, 0.15) is 29.2 Å². The quantitative estimate of drug-likeness (QED) is 0.139. The first kappa shape index (κ1) is 33.7. The highest BCUT2D eigenvalue weighted by Gasteiger charge is 2.32. The maximum absolute atomic E-state index is 13.2. The zero-order valence-corrected chi connectivity index (χ0v) is 26.8. The van der Waals surface area contributed by atoms with E-state index in [0.29, 0.717) is 39.5 Å². The summed E-state index contributed by atoms with van der Waals surface area (Å²) in [5.74, 6) is -0.723. The molecule has 3 atom stereocenters. The summed E-state index contributed by atoms with van der Waals surface area (Å²) in [6, 6.07) is 16.5. The SMILES string of the molecule is Cc1ccc(COCC(F)P)c(N2C(=O)CS/C2=N\C(=O)Nc2ccc(C(N)=NC=Nc3ccc(OC(C)F)cc3)cc2C)c1. The number of halogens is 2. The largest absolute Gasteiger partial charge is 0.461 e. The van der Waals surface area contributed by atoms with E-state index in [1.807, 2.05) is 34.4 Å². The highest BCUT2D eigenvalue weighted by molar-refractivity contribution is 8.15. The lowest BCUT2D eigenvalue weighted by atomic mass is 10.1. The van der Waals surface area contributed by atoms with E-state index < -0.39 is 18.3 Å². The van der Waals surface area contributed by atoms with E-state index >= 15 is 0 Å². The minimum Gasteiger partial charge on any atom is -0.461 e. The molecular formula is C31H33F2N6O4PS. The van der Waals surface area contributed by atoms with Crippen molar-refractivity contribution in [2.75, 3.05) is 22.6 Å². The van der Waals surface area contributed by atoms with Crippen molar-refractivity contribution < 1.29 is 27.8 Å². The number of ether oxygens (including phenoxy) is 2. The van der Waals surface area contributed by atoms with E-state index in [4.69, 9.17) is 15.2 Å². The number of benzene rings is 3. The predicted octanol–water partition coefficient (Wildman–Crippen LogP) is 6.42. The molecule has 0 aromatic heterocycles. The number of aliphatic imine (C=N–C) groups is 3. The Labute approximate surface area is 266 Å². The van der Waals surface area contributed by atoms with E-state index in [0.717, 1.165) is 17.3 Å². The van der Waals surface area contributed by atoms with Crippen molar-refractivity contribution in [3.63, 3.8) is 0 Å². The smallest absolute Gasteiger partial charge is 0.347 e. The van der Waals surface area contributed by atoms with Crippen LogP contribution in [0.25, 0.3) is 0 Å². The van der Waals surface area contributed by atoms with Crippen LogP contribution in [0, 0.1) is 13.8 Å². The maximum Gasteiger partial charge on any atom is 0.347 e. The minimum atomic E-state index is -1.41. The molecule has 4 rings (SSSR count). The molecule has 0 spiro atoms. The molecule has 14 heteroatoms. The van der Waals surface area contributed by atoms with Crippen LogP contribution >= 0.6 is 21.0 Å². The summed E-state index contributed by atoms with van der Waals surface area (Å²) in [6.45, 7) is 4.96. The van der Waals surface area contributed by atoms with Crippen LogP contribution in [0.3, 0.4) is 0 Å². The normalized spacial score (nSPS) is 16.0. The van der Waals surface area contributed by atoms with Crippen LogP contribution in [0.15, 0.2) is 75.6 Å². The number of hydrogen-bond donors (Lipinski definition) is 2. The van der Waals surface area contributed by atoms with Gasteiger partial charge in [0, 0.05) is 23.7 Å². The van der Waals surface area contributed by atoms with Gasteiger partial charge in [-0.3, -0.25) is 9.69 Å². The minimum absolute atomic E-state index is 0.0890. The number of carbonyl (C=O) groups is 2. The number of alkyl halides is 2. The molecule has 3 N–H and O–H groups in total. The second-order valence-electron chi connectivity index (χ2n) is 9.95. The van der Waals surface area contributed by atoms with Crippen molar-refractivity contribution >= 4 is 67.3 Å². The fraction of sp³-hybridized carbons (Fsp3) is 0.258. The summed E-state index contributed by atoms with van der Waals surface area (Å²) >= 11 is 1.15. The second kappa shape index (κ2) is 15.7. The Bertz CT molecular complexity index is 1630. The van der Waals surface area contributed by atoms with Crippen LogP contribution in [-0.4, -0.2) is 53.9 Å². The summed E-state index contributed by atoms with van der Waals surface area (Å²) in [6.07, 6.45) is -0.104. The van der Waals surface area contributed by atoms with Gasteiger partial charge in [-0.2, -0.15) is 4.99 Å². The van der Waals surface area contributed by atoms with Gasteiger partial charge in [-0.25, -0.2) is 23.6 Å². The molecule has 0 radical (unpaired) electrons. The van der Waals surface area contributed by atoms with E-state index in [1.165, 1.54) is 18.2 Å². The van der Waals surface area contributed by atoms with E-state index in [1.54, 1.807) is 49.4 Å². The number of urea groups is 1. The number of thioether (sulfide) groups is 1. The molecule has 3 unspecified atom stereocenters. The zero-order chi connectivity index (χ0) is 32.5. The molecule has 0 saturated carbocycles. The number of nitrogens with two attached hydrogens (primary N) is 1. The van der Waals surface area contributed by atoms with E-state index in [-0.39, 0.29) is 35.9 Å². The molecule has 1 saturated heterocycles. The lowest BCUT2D eigenvalue weighted by Gasteiger charge is -2.20. The number of rotatable bonds is 11. The second-order valence-corrected chi connectivity index (χ2v) is 11.6. The lowest BCUT2D eigenvalue weighted by molar-refractivity contribution is -0.115. The fourth-order valence-electron chi connectivity index (χ4n) is 4.19. The van der Waals surface area contributed by atoms with Gasteiger partial charge in [0.05, 0.1) is 30.3 Å². The van der Waals surface area contributed by atoms with Gasteiger partial charge in [0.1, 0.15) is 23.8 Å². The number of nitrogens with one attached hydrogen (secondary N) is 1. The Hall–Kier alpha value is -4.19. The standard InChI is InChI=1S/C31H33F2N6O4PS/c1-18-4-5-22(14-42-15-27(33)44)26(12-18)39-28(40)16-45-31(39)38-30(41)37-25-11-6-21(13-19(25)2)29(34)36-17-35-23-7-9-24(10-8-23)43-20(3)32/h4-13,17,20,27H,14-16,44H2,1-3H3,(H,37,41)(H2,34,35,36)/b38-31-. The van der Waals surface area contributed by atoms with Gasteiger partial charge in [-0.15, -0.1) is 0 Å². The molecule has 0 aliphatic carbocycles. The summed E-state index contributed by atoms with van der Waals surface area (Å²) in [4.78, 5) is 39.8. The van der Waals surface area contributed by atoms with Crippen molar-refractivity contribution in [2.24, 2.45) is 20.7 Å². The zero-order valence-electron chi connectivity index (χ0n) is 24.9. The topological polar surface area (TPSA) is 131 Å². The number of amides is 3. The van der Waals surface area contributed by atoms with Crippen LogP contribution in [0.4, 0.5) is 30.6 Å². The molecule has 1 aliphatic heterocycles. The molecule has 45 heavy (non-hydrogen) atoms. The number of aryl methyl sites for hydroxylation is 2. The van der Waals surface area contributed by atoms with Crippen LogP contribution in [-0.2, 0) is 16.1 Å². The van der Waals surface area contributed by atoms with Gasteiger partial charge >= 0.3 is 6.03 Å². The first-order valence-corrected chi connectivity index (χ1v) is 15.5. The average molecular weight is 655 g/mol. The van der Waals surface area contributed by atoms with Gasteiger partial charge in [-0.1, -0.05) is 33.1 Å². The van der Waals surface area contributed by atoms with Crippen molar-refractivity contribution in [3.8, 4) is 5.75 Å². The Morgan fingerprint density at radius 3 is 2.60 bits per heavy atom. The van der Waals surface area contributed by atoms with Crippen molar-refractivity contribution in [1.82, 2.24) is 0 Å². The van der Waals surface area contributed by atoms with E-state index in [2.05, 4.69) is 20.3 Å². The van der Waals surface area contributed by atoms with Crippen molar-refractivity contribution in [1.29, 1.82) is 0 Å². The summed E-state index contributed by atoms with van der Waals surface area (Å²) in [5.41, 5.74) is 10.6. The predicted molar refractivity (Wildman–Crippen MR) is 180 cm³/mol. The third-order valence-corrected chi connectivity index (χ3v) is 7.40. The van der Waals surface area contributed by atoms with Crippen molar-refractivity contribution in [2.45, 2.75) is 39.6 Å². The Balaban J connectivity index is 1.44. The lowest BCUT2D eigenvalue weighted by Crippen LogP contribution is -2.31. The van der Waals surface area contributed by atoms with Crippen LogP contribution in [0.2, 0.25) is 0 Å². The van der Waals surface area contributed by atoms with Crippen molar-refractivity contribution in [3.05, 3.63) is 82.9 Å². The summed E-state index contributed by atoms with van der Waals surface area (Å²) < 4.78 is 36.6. The van der Waals surface area contributed by atoms with Gasteiger partial charge in [-0.05, 0) is 73.5 Å². The number of nitrogens with zero attached hydrogens (tertiary/aromatic N) is 4. The molecule has 3 aromatic carbocycles. The molecule has 236 valence electrons. The maximum atomic E-state index is 13.2. The van der Waals surface area contributed by atoms with Gasteiger partial charge in [0.25, 0.3) is 0 Å². The molecule has 1 aliphatic rings. The summed E-state index contributed by atoms with van der Waals surface area (Å²) in [5, 5.41) is 2.98. The molecule has 1 heterocycles. The molecular weight excluding hydrogens is 621 g/mol. The van der Waals surface area contributed by atoms with Crippen LogP contribution in [0.5, 0.6) is 5.75 Å². The molecule has 0 bridgehead atoms. The van der Waals surface area contributed by atoms with Gasteiger partial charge in [0.15, 0.2) is 5.17 Å². The molecule has 3 aromatic rings. The highest BCUT2D eigenvalue weighted by atomic mass is 32.2. The third kappa shape index (κ3) is 9.65. The Morgan fingerprint density at radius 1 is 1.16 bits per heavy atom. The fourth-order valence-corrected chi connectivity index (χ4v) is 5.19. The summed E-state index contributed by atoms with van der Waals surface area (Å²) in [7, 11) is 2.03. The number of carbonyl (C=O) groups excluding carboxylic acids is 2. The average Bonchev–Trinajstić information content (AvgIpc) is 3.34. The monoisotopic (exact) mass is 654 g/mol.